The fourth-order valence-corrected chi connectivity index (χ4v) is 3.48. The maximum absolute atomic E-state index is 12.7. The van der Waals surface area contributed by atoms with E-state index in [2.05, 4.69) is 17.3 Å². The van der Waals surface area contributed by atoms with Crippen LogP contribution in [0.25, 0.3) is 0 Å². The number of unbranched alkanes of at least 4 members (excludes halogenated alkanes) is 1. The van der Waals surface area contributed by atoms with Crippen molar-refractivity contribution < 1.29 is 14.3 Å². The van der Waals surface area contributed by atoms with Gasteiger partial charge in [0.15, 0.2) is 0 Å². The third kappa shape index (κ3) is 4.39. The van der Waals surface area contributed by atoms with Gasteiger partial charge in [-0.3, -0.25) is 14.3 Å². The fraction of sp³-hybridized carbons (Fsp3) is 0.722. The lowest BCUT2D eigenvalue weighted by Crippen LogP contribution is -2.47. The molecule has 7 heteroatoms. The summed E-state index contributed by atoms with van der Waals surface area (Å²) in [5, 5.41) is 7.37. The fourth-order valence-electron chi connectivity index (χ4n) is 3.48. The molecule has 2 aliphatic rings. The van der Waals surface area contributed by atoms with Gasteiger partial charge in [0.05, 0.1) is 18.8 Å². The number of carbonyl (C=O) groups excluding carboxylic acids is 2. The third-order valence-electron chi connectivity index (χ3n) is 5.10. The average Bonchev–Trinajstić information content (AvgIpc) is 3.12. The van der Waals surface area contributed by atoms with Crippen LogP contribution >= 0.6 is 0 Å². The topological polar surface area (TPSA) is 76.5 Å². The summed E-state index contributed by atoms with van der Waals surface area (Å²) in [7, 11) is 0. The van der Waals surface area contributed by atoms with Crippen LogP contribution in [0.5, 0.6) is 0 Å². The van der Waals surface area contributed by atoms with Crippen molar-refractivity contribution in [3.63, 3.8) is 0 Å². The molecule has 1 unspecified atom stereocenters. The molecule has 2 aliphatic heterocycles. The quantitative estimate of drug-likeness (QED) is 0.845. The highest BCUT2D eigenvalue weighted by molar-refractivity contribution is 5.82. The summed E-state index contributed by atoms with van der Waals surface area (Å²) in [4.78, 5) is 27.0. The summed E-state index contributed by atoms with van der Waals surface area (Å²) in [5.41, 5.74) is 0.919. The molecular weight excluding hydrogens is 320 g/mol. The molecule has 138 valence electrons. The molecule has 0 aromatic carbocycles. The van der Waals surface area contributed by atoms with Crippen molar-refractivity contribution in [2.75, 3.05) is 26.3 Å². The van der Waals surface area contributed by atoms with E-state index in [1.807, 2.05) is 6.07 Å². The van der Waals surface area contributed by atoms with Crippen molar-refractivity contribution in [1.29, 1.82) is 0 Å². The number of rotatable bonds is 6. The summed E-state index contributed by atoms with van der Waals surface area (Å²) in [5.74, 6) is 0.543. The van der Waals surface area contributed by atoms with E-state index in [1.165, 1.54) is 0 Å². The molecule has 1 aromatic heterocycles. The Morgan fingerprint density at radius 3 is 2.92 bits per heavy atom. The van der Waals surface area contributed by atoms with E-state index in [-0.39, 0.29) is 11.8 Å². The van der Waals surface area contributed by atoms with E-state index >= 15 is 0 Å². The standard InChI is InChI=1S/C18H28N4O3/c1-2-3-4-17(23)21-12-15-5-8-20-22(15)16(13-21)18(24)19-11-14-6-9-25-10-7-14/h5,8,14,16H,2-4,6-7,9-13H2,1H3,(H,19,24). The van der Waals surface area contributed by atoms with E-state index in [0.29, 0.717) is 32.0 Å². The molecule has 1 fully saturated rings. The van der Waals surface area contributed by atoms with Crippen LogP contribution in [0.1, 0.15) is 50.8 Å². The summed E-state index contributed by atoms with van der Waals surface area (Å²) >= 11 is 0. The van der Waals surface area contributed by atoms with Crippen LogP contribution in [0, 0.1) is 5.92 Å². The minimum Gasteiger partial charge on any atom is -0.381 e. The molecule has 1 atom stereocenters. The second-order valence-electron chi connectivity index (χ2n) is 6.96. The second kappa shape index (κ2) is 8.47. The Kier molecular flexibility index (Phi) is 6.07. The molecular formula is C18H28N4O3. The van der Waals surface area contributed by atoms with Crippen LogP contribution in [0.2, 0.25) is 0 Å². The van der Waals surface area contributed by atoms with Crippen LogP contribution in [-0.2, 0) is 20.9 Å². The van der Waals surface area contributed by atoms with Gasteiger partial charge < -0.3 is 15.0 Å². The van der Waals surface area contributed by atoms with Gasteiger partial charge in [0, 0.05) is 32.4 Å². The number of hydrogen-bond acceptors (Lipinski definition) is 4. The molecule has 3 heterocycles. The maximum Gasteiger partial charge on any atom is 0.246 e. The molecule has 1 N–H and O–H groups in total. The van der Waals surface area contributed by atoms with Crippen LogP contribution in [-0.4, -0.2) is 52.8 Å². The highest BCUT2D eigenvalue weighted by Gasteiger charge is 2.33. The lowest BCUT2D eigenvalue weighted by Gasteiger charge is -2.33. The van der Waals surface area contributed by atoms with Crippen molar-refractivity contribution in [2.24, 2.45) is 5.92 Å². The lowest BCUT2D eigenvalue weighted by molar-refractivity contribution is -0.135. The molecule has 3 rings (SSSR count). The summed E-state index contributed by atoms with van der Waals surface area (Å²) < 4.78 is 7.13. The normalized spacial score (nSPS) is 21.0. The zero-order valence-corrected chi connectivity index (χ0v) is 14.9. The molecule has 0 bridgehead atoms. The van der Waals surface area contributed by atoms with E-state index in [0.717, 1.165) is 44.6 Å². The lowest BCUT2D eigenvalue weighted by atomic mass is 10.0. The molecule has 0 radical (unpaired) electrons. The zero-order chi connectivity index (χ0) is 17.6. The van der Waals surface area contributed by atoms with Crippen molar-refractivity contribution in [2.45, 2.75) is 51.6 Å². The van der Waals surface area contributed by atoms with Crippen LogP contribution in [0.15, 0.2) is 12.3 Å². The Morgan fingerprint density at radius 1 is 1.36 bits per heavy atom. The summed E-state index contributed by atoms with van der Waals surface area (Å²) in [6.45, 7) is 5.22. The molecule has 2 amide bonds. The highest BCUT2D eigenvalue weighted by Crippen LogP contribution is 2.22. The van der Waals surface area contributed by atoms with Gasteiger partial charge in [0.25, 0.3) is 0 Å². The first kappa shape index (κ1) is 17.9. The summed E-state index contributed by atoms with van der Waals surface area (Å²) in [6.07, 6.45) is 6.09. The maximum atomic E-state index is 12.7. The Labute approximate surface area is 148 Å². The Hall–Kier alpha value is -1.89. The molecule has 25 heavy (non-hydrogen) atoms. The van der Waals surface area contributed by atoms with Crippen LogP contribution in [0.4, 0.5) is 0 Å². The molecule has 1 saturated heterocycles. The first-order valence-corrected chi connectivity index (χ1v) is 9.34. The van der Waals surface area contributed by atoms with Gasteiger partial charge in [-0.1, -0.05) is 13.3 Å². The van der Waals surface area contributed by atoms with Gasteiger partial charge in [-0.05, 0) is 31.2 Å². The van der Waals surface area contributed by atoms with Crippen LogP contribution in [0.3, 0.4) is 0 Å². The Balaban J connectivity index is 1.62. The van der Waals surface area contributed by atoms with Crippen molar-refractivity contribution in [3.8, 4) is 0 Å². The first-order valence-electron chi connectivity index (χ1n) is 9.34. The van der Waals surface area contributed by atoms with E-state index in [4.69, 9.17) is 4.74 Å². The molecule has 1 aromatic rings. The number of ether oxygens (including phenoxy) is 1. The Morgan fingerprint density at radius 2 is 2.16 bits per heavy atom. The number of nitrogens with zero attached hydrogens (tertiary/aromatic N) is 3. The van der Waals surface area contributed by atoms with Gasteiger partial charge in [-0.15, -0.1) is 0 Å². The van der Waals surface area contributed by atoms with Gasteiger partial charge in [-0.2, -0.15) is 5.10 Å². The number of fused-ring (bicyclic) bond motifs is 1. The first-order chi connectivity index (χ1) is 12.2. The minimum atomic E-state index is -0.441. The van der Waals surface area contributed by atoms with Gasteiger partial charge >= 0.3 is 0 Å². The molecule has 7 nitrogen and oxygen atoms in total. The number of amides is 2. The van der Waals surface area contributed by atoms with E-state index in [1.54, 1.807) is 15.8 Å². The van der Waals surface area contributed by atoms with Crippen LogP contribution < -0.4 is 5.32 Å². The van der Waals surface area contributed by atoms with Crippen molar-refractivity contribution in [3.05, 3.63) is 18.0 Å². The second-order valence-corrected chi connectivity index (χ2v) is 6.96. The SMILES string of the molecule is CCCCC(=O)N1Cc2ccnn2C(C(=O)NCC2CCOCC2)C1. The van der Waals surface area contributed by atoms with Gasteiger partial charge in [-0.25, -0.2) is 0 Å². The Bertz CT molecular complexity index is 595. The van der Waals surface area contributed by atoms with Crippen molar-refractivity contribution in [1.82, 2.24) is 20.0 Å². The predicted molar refractivity (Wildman–Crippen MR) is 92.8 cm³/mol. The van der Waals surface area contributed by atoms with E-state index < -0.39 is 6.04 Å². The molecule has 0 spiro atoms. The molecule has 0 aliphatic carbocycles. The van der Waals surface area contributed by atoms with Gasteiger partial charge in [0.2, 0.25) is 11.8 Å². The van der Waals surface area contributed by atoms with Gasteiger partial charge in [0.1, 0.15) is 6.04 Å². The van der Waals surface area contributed by atoms with Crippen molar-refractivity contribution >= 4 is 11.8 Å². The third-order valence-corrected chi connectivity index (χ3v) is 5.10. The predicted octanol–water partition coefficient (Wildman–Crippen LogP) is 1.50. The number of nitrogens with one attached hydrogen (secondary N) is 1. The molecule has 0 saturated carbocycles. The summed E-state index contributed by atoms with van der Waals surface area (Å²) in [6, 6.07) is 1.45. The smallest absolute Gasteiger partial charge is 0.246 e. The highest BCUT2D eigenvalue weighted by atomic mass is 16.5. The average molecular weight is 348 g/mol. The van der Waals surface area contributed by atoms with E-state index in [9.17, 15) is 9.59 Å². The minimum absolute atomic E-state index is 0.0515. The largest absolute Gasteiger partial charge is 0.381 e. The number of aromatic nitrogens is 2. The zero-order valence-electron chi connectivity index (χ0n) is 14.9. The number of hydrogen-bond donors (Lipinski definition) is 1. The number of carbonyl (C=O) groups is 2. The monoisotopic (exact) mass is 348 g/mol.